The van der Waals surface area contributed by atoms with Gasteiger partial charge < -0.3 is 0 Å². The minimum absolute atomic E-state index is 0.231. The van der Waals surface area contributed by atoms with Crippen LogP contribution in [0.25, 0.3) is 10.8 Å². The quantitative estimate of drug-likeness (QED) is 0.416. The highest BCUT2D eigenvalue weighted by Gasteiger charge is 2.60. The third-order valence-electron chi connectivity index (χ3n) is 6.55. The van der Waals surface area contributed by atoms with Gasteiger partial charge in [0.15, 0.2) is 6.10 Å². The van der Waals surface area contributed by atoms with Crippen LogP contribution in [0.2, 0.25) is 0 Å². The van der Waals surface area contributed by atoms with Crippen molar-refractivity contribution in [3.63, 3.8) is 0 Å². The predicted molar refractivity (Wildman–Crippen MR) is 128 cm³/mol. The summed E-state index contributed by atoms with van der Waals surface area (Å²) in [6.45, 7) is 2.03. The van der Waals surface area contributed by atoms with E-state index in [-0.39, 0.29) is 11.8 Å². The molecule has 0 unspecified atom stereocenters. The highest BCUT2D eigenvalue weighted by Crippen LogP contribution is 2.48. The van der Waals surface area contributed by atoms with Gasteiger partial charge in [-0.05, 0) is 36.1 Å². The summed E-state index contributed by atoms with van der Waals surface area (Å²) in [5, 5.41) is 3.58. The number of benzene rings is 4. The number of fused-ring (bicyclic) bond motifs is 2. The minimum atomic E-state index is -0.872. The summed E-state index contributed by atoms with van der Waals surface area (Å²) < 4.78 is 0. The molecule has 4 aromatic carbocycles. The molecule has 0 aromatic heterocycles. The lowest BCUT2D eigenvalue weighted by Crippen LogP contribution is -2.37. The van der Waals surface area contributed by atoms with Gasteiger partial charge >= 0.3 is 0 Å². The topological polar surface area (TPSA) is 49.9 Å². The third-order valence-corrected chi connectivity index (χ3v) is 6.55. The van der Waals surface area contributed by atoms with Crippen molar-refractivity contribution >= 4 is 34.0 Å². The van der Waals surface area contributed by atoms with Crippen LogP contribution in [0, 0.1) is 12.8 Å². The molecule has 2 aliphatic heterocycles. The van der Waals surface area contributed by atoms with Gasteiger partial charge in [-0.25, -0.2) is 9.96 Å². The number of amides is 2. The smallest absolute Gasteiger partial charge is 0.266 e. The molecule has 2 fully saturated rings. The number of carbonyl (C=O) groups is 2. The summed E-state index contributed by atoms with van der Waals surface area (Å²) in [7, 11) is 0. The van der Waals surface area contributed by atoms with Crippen molar-refractivity contribution in [1.82, 2.24) is 0 Å². The molecule has 5 nitrogen and oxygen atoms in total. The van der Waals surface area contributed by atoms with Crippen molar-refractivity contribution in [3.05, 3.63) is 108 Å². The Morgan fingerprint density at radius 2 is 1.42 bits per heavy atom. The number of rotatable bonds is 3. The second kappa shape index (κ2) is 7.57. The molecule has 0 spiro atoms. The summed E-state index contributed by atoms with van der Waals surface area (Å²) in [4.78, 5) is 35.0. The van der Waals surface area contributed by atoms with Crippen molar-refractivity contribution in [2.45, 2.75) is 19.1 Å². The van der Waals surface area contributed by atoms with E-state index >= 15 is 0 Å². The van der Waals surface area contributed by atoms with Gasteiger partial charge in [-0.1, -0.05) is 84.4 Å². The van der Waals surface area contributed by atoms with Crippen LogP contribution in [-0.2, 0) is 14.4 Å². The monoisotopic (exact) mass is 434 g/mol. The number of hydrogen-bond acceptors (Lipinski definition) is 4. The van der Waals surface area contributed by atoms with Gasteiger partial charge in [0.2, 0.25) is 5.91 Å². The second-order valence-corrected chi connectivity index (χ2v) is 8.58. The Hall–Kier alpha value is -3.96. The molecule has 0 radical (unpaired) electrons. The normalized spacial score (nSPS) is 22.3. The van der Waals surface area contributed by atoms with E-state index in [9.17, 15) is 9.59 Å². The molecule has 0 saturated carbocycles. The summed E-state index contributed by atoms with van der Waals surface area (Å²) in [6, 6.07) is 30.8. The number of aryl methyl sites for hydroxylation is 1. The van der Waals surface area contributed by atoms with Crippen molar-refractivity contribution in [1.29, 1.82) is 0 Å². The van der Waals surface area contributed by atoms with Gasteiger partial charge in [0.25, 0.3) is 5.91 Å². The molecule has 2 saturated heterocycles. The maximum atomic E-state index is 13.9. The lowest BCUT2D eigenvalue weighted by atomic mass is 9.90. The summed E-state index contributed by atoms with van der Waals surface area (Å²) in [5.74, 6) is -1.19. The van der Waals surface area contributed by atoms with E-state index < -0.39 is 18.1 Å². The van der Waals surface area contributed by atoms with E-state index in [1.165, 1.54) is 4.90 Å². The van der Waals surface area contributed by atoms with Crippen molar-refractivity contribution in [2.24, 2.45) is 5.92 Å². The molecule has 33 heavy (non-hydrogen) atoms. The molecule has 2 heterocycles. The van der Waals surface area contributed by atoms with Crippen molar-refractivity contribution < 1.29 is 14.4 Å². The van der Waals surface area contributed by atoms with Gasteiger partial charge in [-0.15, -0.1) is 0 Å². The molecule has 6 rings (SSSR count). The van der Waals surface area contributed by atoms with E-state index in [2.05, 4.69) is 0 Å². The summed E-state index contributed by atoms with van der Waals surface area (Å²) >= 11 is 0. The Kier molecular flexibility index (Phi) is 4.52. The predicted octanol–water partition coefficient (Wildman–Crippen LogP) is 5.20. The van der Waals surface area contributed by atoms with Crippen LogP contribution in [0.5, 0.6) is 0 Å². The molecule has 162 valence electrons. The van der Waals surface area contributed by atoms with Gasteiger partial charge in [0.05, 0.1) is 17.4 Å². The van der Waals surface area contributed by atoms with E-state index in [1.807, 2.05) is 104 Å². The van der Waals surface area contributed by atoms with Gasteiger partial charge in [0, 0.05) is 5.39 Å². The van der Waals surface area contributed by atoms with E-state index in [0.29, 0.717) is 5.69 Å². The van der Waals surface area contributed by atoms with E-state index in [0.717, 1.165) is 27.6 Å². The number of carbonyl (C=O) groups excluding carboxylic acids is 2. The summed E-state index contributed by atoms with van der Waals surface area (Å²) in [5.41, 5.74) is 3.49. The number of hydroxylamine groups is 1. The Balaban J connectivity index is 1.46. The summed E-state index contributed by atoms with van der Waals surface area (Å²) in [6.07, 6.45) is -0.872. The second-order valence-electron chi connectivity index (χ2n) is 8.58. The van der Waals surface area contributed by atoms with Crippen LogP contribution in [0.3, 0.4) is 0 Å². The number of nitrogens with zero attached hydrogens (tertiary/aromatic N) is 2. The zero-order valence-electron chi connectivity index (χ0n) is 18.1. The van der Waals surface area contributed by atoms with Crippen LogP contribution >= 0.6 is 0 Å². The molecular formula is C28H22N2O3. The lowest BCUT2D eigenvalue weighted by Gasteiger charge is -2.29. The molecule has 2 aliphatic rings. The number of imide groups is 1. The fourth-order valence-electron chi connectivity index (χ4n) is 4.96. The van der Waals surface area contributed by atoms with Crippen LogP contribution in [0.1, 0.15) is 17.2 Å². The van der Waals surface area contributed by atoms with Crippen LogP contribution in [-0.4, -0.2) is 17.9 Å². The highest BCUT2D eigenvalue weighted by molar-refractivity contribution is 6.26. The lowest BCUT2D eigenvalue weighted by molar-refractivity contribution is -0.126. The zero-order chi connectivity index (χ0) is 22.5. The Morgan fingerprint density at radius 1 is 0.727 bits per heavy atom. The first-order chi connectivity index (χ1) is 16.1. The molecule has 0 N–H and O–H groups in total. The maximum absolute atomic E-state index is 13.9. The Morgan fingerprint density at radius 3 is 2.21 bits per heavy atom. The molecule has 3 atom stereocenters. The number of anilines is 2. The van der Waals surface area contributed by atoms with Gasteiger partial charge in [-0.2, -0.15) is 0 Å². The van der Waals surface area contributed by atoms with Crippen LogP contribution < -0.4 is 9.96 Å². The zero-order valence-corrected chi connectivity index (χ0v) is 18.1. The van der Waals surface area contributed by atoms with Gasteiger partial charge in [-0.3, -0.25) is 14.4 Å². The highest BCUT2D eigenvalue weighted by atomic mass is 16.7. The first-order valence-corrected chi connectivity index (χ1v) is 11.1. The Labute approximate surface area is 191 Å². The largest absolute Gasteiger partial charge is 0.273 e. The molecule has 2 amide bonds. The Bertz CT molecular complexity index is 1360. The molecule has 0 aliphatic carbocycles. The van der Waals surface area contributed by atoms with Crippen molar-refractivity contribution in [2.75, 3.05) is 9.96 Å². The standard InChI is InChI=1S/C28H22N2O3/c1-18-14-16-20(17-15-18)25-24-26(33-30(25)21-10-3-2-4-11-21)28(32)29(27(24)31)23-13-7-9-19-8-5-6-12-22(19)23/h2-17,24-26H,1H3/t24-,25+,26+/m0/s1. The molecule has 0 bridgehead atoms. The molecular weight excluding hydrogens is 412 g/mol. The van der Waals surface area contributed by atoms with Gasteiger partial charge in [0.1, 0.15) is 5.92 Å². The van der Waals surface area contributed by atoms with E-state index in [1.54, 1.807) is 5.06 Å². The number of para-hydroxylation sites is 1. The number of hydrogen-bond donors (Lipinski definition) is 0. The minimum Gasteiger partial charge on any atom is -0.273 e. The van der Waals surface area contributed by atoms with Crippen molar-refractivity contribution in [3.8, 4) is 0 Å². The molecule has 4 aromatic rings. The fourth-order valence-corrected chi connectivity index (χ4v) is 4.96. The first kappa shape index (κ1) is 19.7. The maximum Gasteiger partial charge on any atom is 0.266 e. The van der Waals surface area contributed by atoms with Crippen LogP contribution in [0.4, 0.5) is 11.4 Å². The average Bonchev–Trinajstić information content (AvgIpc) is 3.36. The third kappa shape index (κ3) is 3.04. The SMILES string of the molecule is Cc1ccc([C@@H]2[C@@H]3C(=O)N(c4cccc5ccccc45)C(=O)[C@@H]3ON2c2ccccc2)cc1. The fraction of sp³-hybridized carbons (Fsp3) is 0.143. The first-order valence-electron chi connectivity index (χ1n) is 11.1. The average molecular weight is 434 g/mol. The molecule has 5 heteroatoms. The van der Waals surface area contributed by atoms with E-state index in [4.69, 9.17) is 4.84 Å². The van der Waals surface area contributed by atoms with Crippen LogP contribution in [0.15, 0.2) is 97.1 Å².